The van der Waals surface area contributed by atoms with Gasteiger partial charge in [0.15, 0.2) is 0 Å². The SMILES string of the molecule is FC1(F)CCN(c2cc(Br)ccn2)C1. The minimum atomic E-state index is -2.57. The molecule has 14 heavy (non-hydrogen) atoms. The molecule has 0 radical (unpaired) electrons. The van der Waals surface area contributed by atoms with Crippen molar-refractivity contribution in [2.24, 2.45) is 0 Å². The van der Waals surface area contributed by atoms with Crippen LogP contribution in [0.4, 0.5) is 14.6 Å². The average molecular weight is 263 g/mol. The summed E-state index contributed by atoms with van der Waals surface area (Å²) < 4.78 is 26.7. The molecule has 0 saturated carbocycles. The molecule has 5 heteroatoms. The predicted octanol–water partition coefficient (Wildman–Crippen LogP) is 2.69. The number of nitrogens with zero attached hydrogens (tertiary/aromatic N) is 2. The van der Waals surface area contributed by atoms with E-state index in [0.717, 1.165) is 4.47 Å². The molecule has 0 atom stereocenters. The highest BCUT2D eigenvalue weighted by Crippen LogP contribution is 2.30. The zero-order valence-electron chi connectivity index (χ0n) is 7.38. The smallest absolute Gasteiger partial charge is 0.266 e. The van der Waals surface area contributed by atoms with Crippen LogP contribution < -0.4 is 4.90 Å². The molecule has 1 fully saturated rings. The predicted molar refractivity (Wildman–Crippen MR) is 53.7 cm³/mol. The van der Waals surface area contributed by atoms with Crippen molar-refractivity contribution in [1.29, 1.82) is 0 Å². The molecule has 0 aliphatic carbocycles. The summed E-state index contributed by atoms with van der Waals surface area (Å²) in [4.78, 5) is 5.65. The second kappa shape index (κ2) is 3.46. The number of hydrogen-bond acceptors (Lipinski definition) is 2. The highest BCUT2D eigenvalue weighted by atomic mass is 79.9. The molecule has 2 heterocycles. The van der Waals surface area contributed by atoms with Crippen LogP contribution in [0.15, 0.2) is 22.8 Å². The number of rotatable bonds is 1. The molecule has 0 N–H and O–H groups in total. The second-order valence-electron chi connectivity index (χ2n) is 3.36. The summed E-state index contributed by atoms with van der Waals surface area (Å²) in [6.45, 7) is 0.146. The molecule has 0 aromatic carbocycles. The summed E-state index contributed by atoms with van der Waals surface area (Å²) in [6.07, 6.45) is 1.52. The lowest BCUT2D eigenvalue weighted by Gasteiger charge is -2.16. The van der Waals surface area contributed by atoms with Gasteiger partial charge in [0.2, 0.25) is 0 Å². The van der Waals surface area contributed by atoms with Crippen LogP contribution in [0.2, 0.25) is 0 Å². The van der Waals surface area contributed by atoms with Crippen molar-refractivity contribution < 1.29 is 8.78 Å². The third kappa shape index (κ3) is 2.03. The van der Waals surface area contributed by atoms with Gasteiger partial charge in [-0.25, -0.2) is 13.8 Å². The lowest BCUT2D eigenvalue weighted by Crippen LogP contribution is -2.25. The molecule has 76 valence electrons. The van der Waals surface area contributed by atoms with Gasteiger partial charge in [-0.05, 0) is 12.1 Å². The lowest BCUT2D eigenvalue weighted by molar-refractivity contribution is 0.0257. The maximum Gasteiger partial charge on any atom is 0.266 e. The number of alkyl halides is 2. The number of anilines is 1. The summed E-state index contributed by atoms with van der Waals surface area (Å²) in [5.41, 5.74) is 0. The van der Waals surface area contributed by atoms with E-state index in [2.05, 4.69) is 20.9 Å². The Bertz CT molecular complexity index is 343. The van der Waals surface area contributed by atoms with Gasteiger partial charge in [0.05, 0.1) is 6.54 Å². The van der Waals surface area contributed by atoms with Gasteiger partial charge in [-0.1, -0.05) is 15.9 Å². The summed E-state index contributed by atoms with van der Waals surface area (Å²) in [7, 11) is 0. The van der Waals surface area contributed by atoms with Crippen molar-refractivity contribution in [3.63, 3.8) is 0 Å². The number of halogens is 3. The lowest BCUT2D eigenvalue weighted by atomic mass is 10.3. The molecule has 1 saturated heterocycles. The fourth-order valence-corrected chi connectivity index (χ4v) is 1.82. The quantitative estimate of drug-likeness (QED) is 0.774. The Balaban J connectivity index is 2.17. The van der Waals surface area contributed by atoms with E-state index >= 15 is 0 Å². The first kappa shape index (κ1) is 9.83. The molecule has 0 amide bonds. The molecule has 1 aromatic heterocycles. The number of pyridine rings is 1. The Kier molecular flexibility index (Phi) is 2.43. The fourth-order valence-electron chi connectivity index (χ4n) is 1.50. The van der Waals surface area contributed by atoms with Crippen LogP contribution in [0.3, 0.4) is 0 Å². The van der Waals surface area contributed by atoms with E-state index in [1.165, 1.54) is 0 Å². The molecule has 1 aliphatic rings. The van der Waals surface area contributed by atoms with Crippen molar-refractivity contribution in [2.75, 3.05) is 18.0 Å². The molecule has 2 nitrogen and oxygen atoms in total. The summed E-state index contributed by atoms with van der Waals surface area (Å²) in [6, 6.07) is 3.53. The highest BCUT2D eigenvalue weighted by Gasteiger charge is 2.38. The molecule has 1 aromatic rings. The molecule has 0 unspecified atom stereocenters. The Hall–Kier alpha value is -0.710. The second-order valence-corrected chi connectivity index (χ2v) is 4.28. The molecule has 1 aliphatic heterocycles. The van der Waals surface area contributed by atoms with Crippen molar-refractivity contribution in [1.82, 2.24) is 4.98 Å². The first-order chi connectivity index (χ1) is 6.57. The Morgan fingerprint density at radius 2 is 2.29 bits per heavy atom. The maximum atomic E-state index is 12.9. The van der Waals surface area contributed by atoms with Gasteiger partial charge in [-0.3, -0.25) is 0 Å². The van der Waals surface area contributed by atoms with Gasteiger partial charge in [0, 0.05) is 23.6 Å². The van der Waals surface area contributed by atoms with Gasteiger partial charge in [-0.15, -0.1) is 0 Å². The van der Waals surface area contributed by atoms with E-state index in [-0.39, 0.29) is 13.0 Å². The number of aromatic nitrogens is 1. The Labute approximate surface area is 89.1 Å². The highest BCUT2D eigenvalue weighted by molar-refractivity contribution is 9.10. The zero-order chi connectivity index (χ0) is 10.2. The maximum absolute atomic E-state index is 12.9. The van der Waals surface area contributed by atoms with Crippen molar-refractivity contribution in [3.05, 3.63) is 22.8 Å². The number of hydrogen-bond donors (Lipinski definition) is 0. The monoisotopic (exact) mass is 262 g/mol. The largest absolute Gasteiger partial charge is 0.350 e. The Morgan fingerprint density at radius 3 is 2.86 bits per heavy atom. The minimum Gasteiger partial charge on any atom is -0.350 e. The first-order valence-electron chi connectivity index (χ1n) is 4.31. The van der Waals surface area contributed by atoms with Gasteiger partial charge < -0.3 is 4.90 Å². The van der Waals surface area contributed by atoms with Crippen molar-refractivity contribution >= 4 is 21.7 Å². The molecular weight excluding hydrogens is 254 g/mol. The van der Waals surface area contributed by atoms with Crippen LogP contribution in [-0.4, -0.2) is 24.0 Å². The average Bonchev–Trinajstić information content (AvgIpc) is 2.46. The summed E-state index contributed by atoms with van der Waals surface area (Å²) >= 11 is 3.28. The van der Waals surface area contributed by atoms with Crippen LogP contribution in [0.1, 0.15) is 6.42 Å². The van der Waals surface area contributed by atoms with E-state index in [9.17, 15) is 8.78 Å². The van der Waals surface area contributed by atoms with Crippen LogP contribution in [0, 0.1) is 0 Å². The first-order valence-corrected chi connectivity index (χ1v) is 5.10. The van der Waals surface area contributed by atoms with Crippen LogP contribution >= 0.6 is 15.9 Å². The summed E-state index contributed by atoms with van der Waals surface area (Å²) in [5.74, 6) is -1.96. The van der Waals surface area contributed by atoms with Gasteiger partial charge >= 0.3 is 0 Å². The van der Waals surface area contributed by atoms with E-state index in [1.807, 2.05) is 0 Å². The van der Waals surface area contributed by atoms with E-state index in [4.69, 9.17) is 0 Å². The Morgan fingerprint density at radius 1 is 1.50 bits per heavy atom. The fraction of sp³-hybridized carbons (Fsp3) is 0.444. The topological polar surface area (TPSA) is 16.1 Å². The third-order valence-corrected chi connectivity index (χ3v) is 2.69. The van der Waals surface area contributed by atoms with Gasteiger partial charge in [0.1, 0.15) is 5.82 Å². The van der Waals surface area contributed by atoms with E-state index in [1.54, 1.807) is 23.2 Å². The standard InChI is InChI=1S/C9H9BrF2N2/c10-7-1-3-13-8(5-7)14-4-2-9(11,12)6-14/h1,3,5H,2,4,6H2. The van der Waals surface area contributed by atoms with Gasteiger partial charge in [-0.2, -0.15) is 0 Å². The zero-order valence-corrected chi connectivity index (χ0v) is 8.97. The van der Waals surface area contributed by atoms with E-state index in [0.29, 0.717) is 12.4 Å². The van der Waals surface area contributed by atoms with Gasteiger partial charge in [0.25, 0.3) is 5.92 Å². The van der Waals surface area contributed by atoms with Crippen LogP contribution in [0.5, 0.6) is 0 Å². The molecular formula is C9H9BrF2N2. The van der Waals surface area contributed by atoms with Crippen molar-refractivity contribution in [3.8, 4) is 0 Å². The third-order valence-electron chi connectivity index (χ3n) is 2.20. The molecule has 0 spiro atoms. The van der Waals surface area contributed by atoms with E-state index < -0.39 is 5.92 Å². The summed E-state index contributed by atoms with van der Waals surface area (Å²) in [5, 5.41) is 0. The minimum absolute atomic E-state index is 0.0821. The molecule has 0 bridgehead atoms. The molecule has 2 rings (SSSR count). The van der Waals surface area contributed by atoms with Crippen molar-refractivity contribution in [2.45, 2.75) is 12.3 Å². The van der Waals surface area contributed by atoms with Crippen LogP contribution in [-0.2, 0) is 0 Å². The normalized spacial score (nSPS) is 20.1. The van der Waals surface area contributed by atoms with Crippen LogP contribution in [0.25, 0.3) is 0 Å².